The average molecular weight is 100 g/mol. The van der Waals surface area contributed by atoms with Crippen LogP contribution in [0, 0.1) is 6.54 Å². The van der Waals surface area contributed by atoms with Crippen LogP contribution in [-0.4, -0.2) is 17.7 Å². The summed E-state index contributed by atoms with van der Waals surface area (Å²) in [6.07, 6.45) is 0.875. The summed E-state index contributed by atoms with van der Waals surface area (Å²) >= 11 is 0. The Morgan fingerprint density at radius 1 is 1.29 bits per heavy atom. The second-order valence-corrected chi connectivity index (χ2v) is 0.916. The van der Waals surface area contributed by atoms with Gasteiger partial charge in [0.2, 0.25) is 12.8 Å². The summed E-state index contributed by atoms with van der Waals surface area (Å²) < 4.78 is 0. The maximum Gasteiger partial charge on any atom is 0.216 e. The fourth-order valence-electron chi connectivity index (χ4n) is 0.147. The second kappa shape index (κ2) is 3.33. The van der Waals surface area contributed by atoms with Crippen LogP contribution in [0.2, 0.25) is 0 Å². The molecular weight excluding hydrogens is 94.0 g/mol. The summed E-state index contributed by atoms with van der Waals surface area (Å²) in [4.78, 5) is 20.2. The van der Waals surface area contributed by atoms with Gasteiger partial charge in [-0.3, -0.25) is 14.5 Å². The molecule has 0 aliphatic rings. The van der Waals surface area contributed by atoms with E-state index >= 15 is 0 Å². The van der Waals surface area contributed by atoms with Crippen LogP contribution in [-0.2, 0) is 9.59 Å². The molecule has 0 N–H and O–H groups in total. The molecule has 0 aliphatic carbocycles. The zero-order valence-corrected chi connectivity index (χ0v) is 4.00. The minimum absolute atomic E-state index is 0.438. The topological polar surface area (TPSA) is 37.4 Å². The Morgan fingerprint density at radius 2 is 1.71 bits per heavy atom. The molecule has 1 radical (unpaired) electrons. The van der Waals surface area contributed by atoms with E-state index < -0.39 is 0 Å². The summed E-state index contributed by atoms with van der Waals surface area (Å²) in [6, 6.07) is 0. The van der Waals surface area contributed by atoms with Crippen molar-refractivity contribution in [1.82, 2.24) is 4.90 Å². The molecule has 0 unspecified atom stereocenters. The van der Waals surface area contributed by atoms with Crippen molar-refractivity contribution in [2.24, 2.45) is 0 Å². The van der Waals surface area contributed by atoms with Crippen molar-refractivity contribution in [1.29, 1.82) is 0 Å². The van der Waals surface area contributed by atoms with Crippen molar-refractivity contribution in [3.8, 4) is 0 Å². The lowest BCUT2D eigenvalue weighted by Crippen LogP contribution is -2.13. The highest BCUT2D eigenvalue weighted by Gasteiger charge is 1.88. The minimum atomic E-state index is 0.438. The van der Waals surface area contributed by atoms with E-state index in [0.29, 0.717) is 12.8 Å². The lowest BCUT2D eigenvalue weighted by molar-refractivity contribution is -0.127. The Hall–Kier alpha value is -0.860. The predicted octanol–water partition coefficient (Wildman–Crippen LogP) is -0.217. The molecule has 2 amide bonds. The normalized spacial score (nSPS) is 7.57. The van der Waals surface area contributed by atoms with E-state index in [4.69, 9.17) is 0 Å². The molecule has 3 nitrogen and oxygen atoms in total. The number of hydrogen-bond acceptors (Lipinski definition) is 2. The van der Waals surface area contributed by atoms with Gasteiger partial charge in [-0.15, -0.1) is 0 Å². The molecule has 3 heteroatoms. The third kappa shape index (κ3) is 1.92. The molecule has 0 aromatic carbocycles. The summed E-state index contributed by atoms with van der Waals surface area (Å²) in [5.74, 6) is 0. The van der Waals surface area contributed by atoms with E-state index in [2.05, 4.69) is 0 Å². The molecule has 0 rings (SSSR count). The molecule has 0 atom stereocenters. The predicted molar refractivity (Wildman–Crippen MR) is 23.9 cm³/mol. The summed E-state index contributed by atoms with van der Waals surface area (Å²) in [7, 11) is 0. The first-order valence-electron chi connectivity index (χ1n) is 1.82. The molecule has 0 aliphatic heterocycles. The van der Waals surface area contributed by atoms with Crippen LogP contribution in [0.5, 0.6) is 0 Å². The third-order valence-corrected chi connectivity index (χ3v) is 0.542. The van der Waals surface area contributed by atoms with E-state index in [-0.39, 0.29) is 0 Å². The van der Waals surface area contributed by atoms with Crippen molar-refractivity contribution in [2.45, 2.75) is 6.92 Å². The molecule has 0 aromatic rings. The van der Waals surface area contributed by atoms with Crippen LogP contribution in [0.15, 0.2) is 0 Å². The van der Waals surface area contributed by atoms with Gasteiger partial charge in [-0.05, 0) is 6.92 Å². The van der Waals surface area contributed by atoms with Crippen molar-refractivity contribution >= 4 is 12.8 Å². The van der Waals surface area contributed by atoms with Gasteiger partial charge in [-0.25, -0.2) is 0 Å². The van der Waals surface area contributed by atoms with E-state index in [0.717, 1.165) is 4.90 Å². The Kier molecular flexibility index (Phi) is 2.92. The first kappa shape index (κ1) is 6.14. The van der Waals surface area contributed by atoms with E-state index in [1.54, 1.807) is 6.92 Å². The van der Waals surface area contributed by atoms with Crippen LogP contribution in [0.25, 0.3) is 0 Å². The number of nitrogens with zero attached hydrogens (tertiary/aromatic N) is 1. The summed E-state index contributed by atoms with van der Waals surface area (Å²) in [5.41, 5.74) is 0. The number of imide groups is 1. The van der Waals surface area contributed by atoms with E-state index in [9.17, 15) is 9.59 Å². The lowest BCUT2D eigenvalue weighted by atomic mass is 10.7. The zero-order valence-electron chi connectivity index (χ0n) is 4.00. The van der Waals surface area contributed by atoms with Crippen LogP contribution < -0.4 is 0 Å². The fourth-order valence-corrected chi connectivity index (χ4v) is 0.147. The standard InChI is InChI=1S/C4H6NO2/c1-2-5(3-6)4-7/h2-4H,1H3. The quantitative estimate of drug-likeness (QED) is 0.460. The van der Waals surface area contributed by atoms with Crippen molar-refractivity contribution in [3.63, 3.8) is 0 Å². The molecule has 0 fully saturated rings. The Morgan fingerprint density at radius 3 is 1.71 bits per heavy atom. The van der Waals surface area contributed by atoms with Gasteiger partial charge in [0.15, 0.2) is 0 Å². The number of amides is 2. The minimum Gasteiger partial charge on any atom is -0.283 e. The molecule has 0 heterocycles. The van der Waals surface area contributed by atoms with Crippen LogP contribution in [0.3, 0.4) is 0 Å². The molecule has 0 aromatic heterocycles. The molecule has 0 saturated heterocycles. The van der Waals surface area contributed by atoms with Gasteiger partial charge < -0.3 is 0 Å². The van der Waals surface area contributed by atoms with Crippen molar-refractivity contribution < 1.29 is 9.59 Å². The Labute approximate surface area is 41.9 Å². The van der Waals surface area contributed by atoms with Gasteiger partial charge in [0.1, 0.15) is 0 Å². The van der Waals surface area contributed by atoms with E-state index in [1.165, 1.54) is 6.54 Å². The fraction of sp³-hybridized carbons (Fsp3) is 0.250. The van der Waals surface area contributed by atoms with Crippen molar-refractivity contribution in [2.75, 3.05) is 0 Å². The van der Waals surface area contributed by atoms with Gasteiger partial charge in [0.05, 0.1) is 6.54 Å². The highest BCUT2D eigenvalue weighted by atomic mass is 16.2. The first-order valence-corrected chi connectivity index (χ1v) is 1.82. The number of carbonyl (C=O) groups is 2. The molecule has 7 heavy (non-hydrogen) atoms. The van der Waals surface area contributed by atoms with Crippen molar-refractivity contribution in [3.05, 3.63) is 6.54 Å². The molecule has 39 valence electrons. The zero-order chi connectivity index (χ0) is 5.70. The third-order valence-electron chi connectivity index (χ3n) is 0.542. The van der Waals surface area contributed by atoms with Gasteiger partial charge in [-0.2, -0.15) is 0 Å². The highest BCUT2D eigenvalue weighted by Crippen LogP contribution is 1.76. The summed E-state index contributed by atoms with van der Waals surface area (Å²) in [6.45, 7) is 2.98. The number of hydrogen-bond donors (Lipinski definition) is 0. The van der Waals surface area contributed by atoms with Gasteiger partial charge >= 0.3 is 0 Å². The molecule has 0 saturated carbocycles. The van der Waals surface area contributed by atoms with Crippen LogP contribution in [0.4, 0.5) is 0 Å². The molecule has 0 bridgehead atoms. The summed E-state index contributed by atoms with van der Waals surface area (Å²) in [5, 5.41) is 0. The Balaban J connectivity index is 3.36. The first-order chi connectivity index (χ1) is 3.35. The number of carbonyl (C=O) groups excluding carboxylic acids is 2. The van der Waals surface area contributed by atoms with Gasteiger partial charge in [0.25, 0.3) is 0 Å². The highest BCUT2D eigenvalue weighted by molar-refractivity contribution is 5.69. The number of rotatable bonds is 3. The smallest absolute Gasteiger partial charge is 0.216 e. The largest absolute Gasteiger partial charge is 0.283 e. The molecule has 0 spiro atoms. The Bertz CT molecular complexity index is 64.1. The maximum absolute atomic E-state index is 9.63. The molecular formula is C4H6NO2. The van der Waals surface area contributed by atoms with Crippen LogP contribution in [0.1, 0.15) is 6.92 Å². The monoisotopic (exact) mass is 100 g/mol. The van der Waals surface area contributed by atoms with Gasteiger partial charge in [0, 0.05) is 0 Å². The average Bonchev–Trinajstić information content (AvgIpc) is 1.72. The lowest BCUT2D eigenvalue weighted by Gasteiger charge is -1.98. The second-order valence-electron chi connectivity index (χ2n) is 0.916. The SMILES string of the molecule is C[CH]N(C=O)C=O. The van der Waals surface area contributed by atoms with Gasteiger partial charge in [-0.1, -0.05) is 0 Å². The van der Waals surface area contributed by atoms with Crippen LogP contribution >= 0.6 is 0 Å². The van der Waals surface area contributed by atoms with E-state index in [1.807, 2.05) is 0 Å². The maximum atomic E-state index is 9.63.